The third-order valence-electron chi connectivity index (χ3n) is 3.26. The molecule has 0 atom stereocenters. The lowest BCUT2D eigenvalue weighted by Gasteiger charge is -2.15. The molecule has 0 saturated carbocycles. The summed E-state index contributed by atoms with van der Waals surface area (Å²) in [5.74, 6) is -2.02. The Balaban J connectivity index is 2.51. The predicted octanol–water partition coefficient (Wildman–Crippen LogP) is 2.78. The largest absolute Gasteiger partial charge is 0.303 e. The number of carbonyl (C=O) groups excluding carboxylic acids is 3. The molecule has 23 heavy (non-hydrogen) atoms. The van der Waals surface area contributed by atoms with E-state index in [9.17, 15) is 14.4 Å². The van der Waals surface area contributed by atoms with Gasteiger partial charge in [-0.15, -0.1) is 15.0 Å². The van der Waals surface area contributed by atoms with Crippen molar-refractivity contribution in [1.29, 1.82) is 0 Å². The summed E-state index contributed by atoms with van der Waals surface area (Å²) >= 11 is 0. The van der Waals surface area contributed by atoms with Crippen molar-refractivity contribution in [3.63, 3.8) is 0 Å². The van der Waals surface area contributed by atoms with E-state index in [1.807, 2.05) is 31.2 Å². The Hall–Kier alpha value is -3.42. The number of hydrogen-bond acceptors (Lipinski definition) is 6. The zero-order chi connectivity index (χ0) is 16.7. The van der Waals surface area contributed by atoms with Crippen molar-refractivity contribution in [3.8, 4) is 11.1 Å². The summed E-state index contributed by atoms with van der Waals surface area (Å²) in [4.78, 5) is 41.8. The maximum absolute atomic E-state index is 10.6. The molecule has 0 saturated heterocycles. The van der Waals surface area contributed by atoms with Crippen molar-refractivity contribution < 1.29 is 14.4 Å². The van der Waals surface area contributed by atoms with Crippen LogP contribution in [0.1, 0.15) is 11.1 Å². The van der Waals surface area contributed by atoms with Crippen molar-refractivity contribution in [2.75, 3.05) is 0 Å². The van der Waals surface area contributed by atoms with Crippen LogP contribution in [0.4, 0.5) is 0 Å². The second kappa shape index (κ2) is 7.03. The predicted molar refractivity (Wildman–Crippen MR) is 82.7 cm³/mol. The molecule has 0 radical (unpaired) electrons. The van der Waals surface area contributed by atoms with Gasteiger partial charge in [-0.05, 0) is 18.1 Å². The molecule has 0 heterocycles. The van der Waals surface area contributed by atoms with Gasteiger partial charge in [0.1, 0.15) is 0 Å². The second-order valence-electron chi connectivity index (χ2n) is 4.69. The minimum Gasteiger partial charge on any atom is -0.211 e. The zero-order valence-corrected chi connectivity index (χ0v) is 12.2. The number of hydrogen-bond donors (Lipinski definition) is 0. The Bertz CT molecular complexity index is 792. The van der Waals surface area contributed by atoms with E-state index in [-0.39, 0.29) is 5.56 Å². The van der Waals surface area contributed by atoms with E-state index >= 15 is 0 Å². The molecule has 0 aromatic heterocycles. The average Bonchev–Trinajstić information content (AvgIpc) is 2.56. The fraction of sp³-hybridized carbons (Fsp3) is 0.118. The lowest BCUT2D eigenvalue weighted by Crippen LogP contribution is -2.17. The van der Waals surface area contributed by atoms with Crippen LogP contribution in [0.15, 0.2) is 63.5 Å². The first kappa shape index (κ1) is 16.0. The highest BCUT2D eigenvalue weighted by Gasteiger charge is 2.31. The Kier molecular flexibility index (Phi) is 4.88. The van der Waals surface area contributed by atoms with E-state index < -0.39 is 5.79 Å². The third kappa shape index (κ3) is 3.43. The van der Waals surface area contributed by atoms with Gasteiger partial charge in [0.2, 0.25) is 18.2 Å². The van der Waals surface area contributed by atoms with Gasteiger partial charge in [-0.3, -0.25) is 0 Å². The first-order valence-electron chi connectivity index (χ1n) is 6.60. The molecule has 0 spiro atoms. The smallest absolute Gasteiger partial charge is 0.211 e. The molecule has 0 aliphatic heterocycles. The topological polar surface area (TPSA) is 88.3 Å². The van der Waals surface area contributed by atoms with Crippen molar-refractivity contribution in [1.82, 2.24) is 0 Å². The van der Waals surface area contributed by atoms with E-state index in [0.29, 0.717) is 0 Å². The van der Waals surface area contributed by atoms with E-state index in [1.165, 1.54) is 18.2 Å². The average molecular weight is 305 g/mol. The van der Waals surface area contributed by atoms with Gasteiger partial charge in [0.25, 0.3) is 0 Å². The van der Waals surface area contributed by atoms with Crippen LogP contribution < -0.4 is 0 Å². The molecule has 2 aromatic rings. The summed E-state index contributed by atoms with van der Waals surface area (Å²) in [5.41, 5.74) is 3.29. The molecule has 0 fully saturated rings. The van der Waals surface area contributed by atoms with Gasteiger partial charge in [-0.2, -0.15) is 0 Å². The quantitative estimate of drug-likeness (QED) is 0.628. The van der Waals surface area contributed by atoms with Crippen LogP contribution in [0.3, 0.4) is 0 Å². The van der Waals surface area contributed by atoms with Crippen molar-refractivity contribution in [2.24, 2.45) is 15.0 Å². The first-order chi connectivity index (χ1) is 11.1. The Labute approximate surface area is 131 Å². The molecule has 0 aliphatic rings. The van der Waals surface area contributed by atoms with Crippen molar-refractivity contribution >= 4 is 18.2 Å². The second-order valence-corrected chi connectivity index (χ2v) is 4.69. The molecule has 0 N–H and O–H groups in total. The van der Waals surface area contributed by atoms with Gasteiger partial charge >= 0.3 is 5.79 Å². The normalized spacial score (nSPS) is 12.0. The highest BCUT2D eigenvalue weighted by molar-refractivity contribution is 5.64. The number of rotatable bonds is 5. The van der Waals surface area contributed by atoms with Crippen LogP contribution in [0.25, 0.3) is 11.1 Å². The van der Waals surface area contributed by atoms with Gasteiger partial charge in [0.15, 0.2) is 0 Å². The lowest BCUT2D eigenvalue weighted by atomic mass is 10.0. The van der Waals surface area contributed by atoms with Gasteiger partial charge in [0.05, 0.1) is 0 Å². The van der Waals surface area contributed by atoms with Gasteiger partial charge < -0.3 is 0 Å². The number of nitrogens with zero attached hydrogens (tertiary/aromatic N) is 3. The molecule has 2 rings (SSSR count). The molecule has 0 bridgehead atoms. The maximum Gasteiger partial charge on any atom is 0.303 e. The third-order valence-corrected chi connectivity index (χ3v) is 3.26. The minimum absolute atomic E-state index is 0.253. The summed E-state index contributed by atoms with van der Waals surface area (Å²) < 4.78 is 0. The Morgan fingerprint density at radius 3 is 1.48 bits per heavy atom. The van der Waals surface area contributed by atoms with Crippen LogP contribution in [0, 0.1) is 6.92 Å². The summed E-state index contributed by atoms with van der Waals surface area (Å²) in [7, 11) is 0. The highest BCUT2D eigenvalue weighted by Crippen LogP contribution is 2.30. The maximum atomic E-state index is 10.6. The highest BCUT2D eigenvalue weighted by atomic mass is 16.1. The summed E-state index contributed by atoms with van der Waals surface area (Å²) in [6.45, 7) is 1.99. The molecule has 0 unspecified atom stereocenters. The summed E-state index contributed by atoms with van der Waals surface area (Å²) in [6, 6.07) is 14.5. The first-order valence-corrected chi connectivity index (χ1v) is 6.60. The molecular weight excluding hydrogens is 294 g/mol. The lowest BCUT2D eigenvalue weighted by molar-refractivity contribution is 0.466. The van der Waals surface area contributed by atoms with E-state index in [4.69, 9.17) is 0 Å². The zero-order valence-electron chi connectivity index (χ0n) is 12.2. The molecule has 2 aromatic carbocycles. The molecule has 6 nitrogen and oxygen atoms in total. The Morgan fingerprint density at radius 2 is 1.09 bits per heavy atom. The number of isocyanates is 3. The van der Waals surface area contributed by atoms with E-state index in [0.717, 1.165) is 16.7 Å². The number of benzene rings is 2. The van der Waals surface area contributed by atoms with Crippen LogP contribution >= 0.6 is 0 Å². The van der Waals surface area contributed by atoms with Gasteiger partial charge in [-0.25, -0.2) is 14.4 Å². The van der Waals surface area contributed by atoms with E-state index in [2.05, 4.69) is 15.0 Å². The molecule has 112 valence electrons. The number of aryl methyl sites for hydroxylation is 1. The molecule has 6 heteroatoms. The standard InChI is InChI=1S/C17H11N3O3/c1-13-2-4-14(5-3-13)15-6-8-16(9-7-15)17(18-10-21,19-11-22)20-12-23/h2-9H,1H3. The molecule has 0 aliphatic carbocycles. The van der Waals surface area contributed by atoms with Crippen LogP contribution in [-0.2, 0) is 20.2 Å². The van der Waals surface area contributed by atoms with E-state index in [1.54, 1.807) is 24.3 Å². The van der Waals surface area contributed by atoms with Crippen LogP contribution in [-0.4, -0.2) is 18.2 Å². The summed E-state index contributed by atoms with van der Waals surface area (Å²) in [5, 5.41) is 0. The SMILES string of the molecule is Cc1ccc(-c2ccc(C(N=C=O)(N=C=O)N=C=O)cc2)cc1. The van der Waals surface area contributed by atoms with Crippen LogP contribution in [0.5, 0.6) is 0 Å². The fourth-order valence-electron chi connectivity index (χ4n) is 2.09. The molecule has 0 amide bonds. The van der Waals surface area contributed by atoms with Crippen LogP contribution in [0.2, 0.25) is 0 Å². The summed E-state index contributed by atoms with van der Waals surface area (Å²) in [6.07, 6.45) is 3.78. The van der Waals surface area contributed by atoms with Gasteiger partial charge in [-0.1, -0.05) is 54.1 Å². The van der Waals surface area contributed by atoms with Gasteiger partial charge in [0, 0.05) is 5.56 Å². The number of aliphatic imine (C=N–C) groups is 3. The van der Waals surface area contributed by atoms with Crippen molar-refractivity contribution in [3.05, 3.63) is 59.7 Å². The molecular formula is C17H11N3O3. The Morgan fingerprint density at radius 1 is 0.696 bits per heavy atom. The minimum atomic E-state index is -2.02. The van der Waals surface area contributed by atoms with Crippen molar-refractivity contribution in [2.45, 2.75) is 12.7 Å². The monoisotopic (exact) mass is 305 g/mol. The fourth-order valence-corrected chi connectivity index (χ4v) is 2.09.